The Morgan fingerprint density at radius 1 is 0.472 bits per heavy atom. The summed E-state index contributed by atoms with van der Waals surface area (Å²) in [5.41, 5.74) is 17.1. The van der Waals surface area contributed by atoms with Gasteiger partial charge in [-0.15, -0.1) is 0 Å². The number of rotatable bonds is 41. The lowest BCUT2D eigenvalue weighted by molar-refractivity contribution is -0.331. The Morgan fingerprint density at radius 3 is 1.09 bits per heavy atom. The molecule has 0 aromatic carbocycles. The second-order valence-electron chi connectivity index (χ2n) is 28.4. The van der Waals surface area contributed by atoms with Gasteiger partial charge in [0.1, 0.15) is 165 Å². The number of ether oxygens (including phenoxy) is 9. The molecule has 5 saturated heterocycles. The van der Waals surface area contributed by atoms with Gasteiger partial charge in [-0.3, -0.25) is 19.2 Å². The lowest BCUT2D eigenvalue weighted by atomic mass is 9.97. The number of amides is 4. The number of esters is 1. The number of aliphatic hydroxyl groups excluding tert-OH is 31. The van der Waals surface area contributed by atoms with E-state index in [1.54, 1.807) is 7.05 Å². The van der Waals surface area contributed by atoms with Gasteiger partial charge >= 0.3 is 5.97 Å². The Labute approximate surface area is 721 Å². The van der Waals surface area contributed by atoms with Crippen LogP contribution in [0.4, 0.5) is 0 Å². The van der Waals surface area contributed by atoms with Gasteiger partial charge in [0.05, 0.1) is 70.5 Å². The van der Waals surface area contributed by atoms with Crippen molar-refractivity contribution in [3.63, 3.8) is 0 Å². The van der Waals surface area contributed by atoms with Gasteiger partial charge in [0, 0.05) is 38.3 Å². The first-order chi connectivity index (χ1) is 57.6. The van der Waals surface area contributed by atoms with Crippen LogP contribution in [-0.4, -0.2) is 513 Å². The van der Waals surface area contributed by atoms with E-state index in [0.29, 0.717) is 32.1 Å². The number of nitrogens with zero attached hydrogens (tertiary/aromatic N) is 3. The maximum absolute atomic E-state index is 12.4. The monoisotopic (exact) mass is 1860 g/mol. The summed E-state index contributed by atoms with van der Waals surface area (Å²) in [7, 11) is 1.76. The summed E-state index contributed by atoms with van der Waals surface area (Å²) in [6.45, 7) is -3.72. The third-order valence-electron chi connectivity index (χ3n) is 19.6. The highest BCUT2D eigenvalue weighted by molar-refractivity contribution is 6.13. The molecule has 6 fully saturated rings. The number of unbranched alkanes of at least 4 members (excludes halogenated alkanes) is 1. The molecule has 0 spiro atoms. The second kappa shape index (κ2) is 62.5. The molecule has 5 heterocycles. The Morgan fingerprint density at radius 2 is 0.792 bits per heavy atom. The number of hydrogen-bond donors (Lipinski definition) is 39. The molecule has 0 bridgehead atoms. The summed E-state index contributed by atoms with van der Waals surface area (Å²) in [5.74, 6) is -4.55. The van der Waals surface area contributed by atoms with Gasteiger partial charge in [-0.25, -0.2) is 4.79 Å². The minimum atomic E-state index is -2.16. The van der Waals surface area contributed by atoms with Crippen molar-refractivity contribution in [2.45, 2.75) is 300 Å². The number of nitrogens with one attached hydrogen (secondary N) is 6. The molecular formula is C68H136ClN11O45. The van der Waals surface area contributed by atoms with Crippen molar-refractivity contribution in [2.24, 2.45) is 32.5 Å². The second-order valence-corrected chi connectivity index (χ2v) is 28.5. The van der Waals surface area contributed by atoms with E-state index in [-0.39, 0.29) is 78.9 Å². The Balaban J connectivity index is 0. The van der Waals surface area contributed by atoms with Crippen molar-refractivity contribution in [3.05, 3.63) is 0 Å². The van der Waals surface area contributed by atoms with Gasteiger partial charge in [-0.1, -0.05) is 40.3 Å². The molecule has 6 aliphatic rings. The summed E-state index contributed by atoms with van der Waals surface area (Å²) in [6, 6.07) is -0.0815. The zero-order valence-corrected chi connectivity index (χ0v) is 66.7. The quantitative estimate of drug-likeness (QED) is 0.0117. The number of cyclic esters (lactones) is 1. The largest absolute Gasteiger partial charge is 0.455 e. The zero-order valence-electron chi connectivity index (χ0n) is 65.9. The van der Waals surface area contributed by atoms with Gasteiger partial charge in [0.15, 0.2) is 55.7 Å². The highest BCUT2D eigenvalue weighted by Crippen LogP contribution is 2.32. The van der Waals surface area contributed by atoms with Crippen molar-refractivity contribution in [2.75, 3.05) is 92.6 Å². The van der Waals surface area contributed by atoms with E-state index in [2.05, 4.69) is 58.2 Å². The Kier molecular flexibility index (Phi) is 61.1. The fourth-order valence-corrected chi connectivity index (χ4v) is 12.4. The molecule has 0 aromatic heterocycles. The van der Waals surface area contributed by atoms with Crippen LogP contribution >= 0.6 is 11.8 Å². The van der Waals surface area contributed by atoms with Crippen LogP contribution < -0.4 is 38.1 Å². The number of carbonyl (C=O) groups is 5. The Bertz CT molecular complexity index is 2890. The third kappa shape index (κ3) is 36.0. The smallest absolute Gasteiger partial charge is 0.338 e. The maximum atomic E-state index is 12.4. The van der Waals surface area contributed by atoms with Crippen LogP contribution in [0.5, 0.6) is 0 Å². The average molecular weight is 1860 g/mol. The molecule has 41 N–H and O–H groups in total. The molecule has 0 aromatic rings. The summed E-state index contributed by atoms with van der Waals surface area (Å²) in [6.07, 6.45) is -59.8. The van der Waals surface area contributed by atoms with Crippen LogP contribution in [0.1, 0.15) is 67.7 Å². The molecule has 39 atom stereocenters. The van der Waals surface area contributed by atoms with Gasteiger partial charge in [-0.2, -0.15) is 5.53 Å². The fraction of sp³-hybridized carbons (Fsp3) is 0.926. The van der Waals surface area contributed by atoms with Crippen molar-refractivity contribution in [3.8, 4) is 0 Å². The predicted octanol–water partition coefficient (Wildman–Crippen LogP) is -19.7. The number of nitrogens with two attached hydrogens (primary N) is 2. The molecule has 57 heteroatoms. The van der Waals surface area contributed by atoms with E-state index in [4.69, 9.17) is 65.1 Å². The van der Waals surface area contributed by atoms with Crippen LogP contribution in [0.2, 0.25) is 0 Å². The molecule has 5 aliphatic heterocycles. The molecule has 7 unspecified atom stereocenters. The molecule has 4 amide bonds. The molecule has 0 radical (unpaired) electrons. The first-order valence-corrected chi connectivity index (χ1v) is 38.5. The maximum Gasteiger partial charge on any atom is 0.338 e. The van der Waals surface area contributed by atoms with E-state index in [0.717, 1.165) is 6.42 Å². The highest BCUT2D eigenvalue weighted by Gasteiger charge is 2.54. The average Bonchev–Trinajstić information content (AvgIpc) is 1.58. The van der Waals surface area contributed by atoms with Crippen LogP contribution in [0, 0.1) is 11.4 Å². The van der Waals surface area contributed by atoms with E-state index in [1.165, 1.54) is 0 Å². The third-order valence-corrected chi connectivity index (χ3v) is 19.7. The predicted molar refractivity (Wildman–Crippen MR) is 414 cm³/mol. The minimum absolute atomic E-state index is 0. The summed E-state index contributed by atoms with van der Waals surface area (Å²) >= 11 is 4.55. The fourth-order valence-electron chi connectivity index (χ4n) is 12.3. The molecular weight excluding hydrogens is 1730 g/mol. The van der Waals surface area contributed by atoms with E-state index in [1.807, 2.05) is 6.92 Å². The standard InChI is InChI=1S/C22H42N4O12.C16H31NO11.C15H30N2O11.C12H20O11.3CH4.ClHN4/c1-24-11-6-9(23)5-10(11)20(35)25-3-2-4-26-21(36)17(33)16(32)19(12(29)7-27)38-22-18(34)15(31)14(30)13(8-28)37-22;1-2-3-4-17-15(26)12(24)11(23)14(7(20)5-18)28-16-13(25)10(22)9(21)8(6-19)27-16;16-2-1-3-17-14(26)11(24)10(23)13(6(20)4-18)28-15-12(25)9(22)8(21)7(5-19)27-15;13-1-3-5(15)6(16)9(19)12(22-3)23-10-4(2-14)21-11(20)8(18)7(10)17;;;;1-3-5-4-2/h9-19,22,24,27-34H,2-8,23H2,1H3,(H,25,35)(H,26,36);7-14,16,18-25H,2-6H2,1H3,(H,17,26);6-13,15,18-25H,1-5,16H2,(H,17,26);3-10,12-19H,1-2H2;3*1H4;2H/t9?,10?,11?,12-,13-,14+,15+,16-,17-,18-,19-,22?;7-,8-,9+,10+,11-,12-,13-,14-,16?;6-,7-,8+,9+,10-,11-,12-,13-,15?;3-,4-,5+,6+,7-,8-,9-,10-,12?;;;;/m1111..../s1. The van der Waals surface area contributed by atoms with Crippen molar-refractivity contribution in [1.82, 2.24) is 26.6 Å². The van der Waals surface area contributed by atoms with Crippen molar-refractivity contribution >= 4 is 41.4 Å². The normalized spacial score (nSPS) is 34.3. The Hall–Kier alpha value is -4.84. The van der Waals surface area contributed by atoms with Crippen molar-refractivity contribution < 1.29 is 225 Å². The van der Waals surface area contributed by atoms with Crippen LogP contribution in [0.15, 0.2) is 15.1 Å². The molecule has 56 nitrogen and oxygen atoms in total. The first-order valence-electron chi connectivity index (χ1n) is 38.2. The SMILES string of the molecule is C.C.C.CCCCNC(=O)[C@H](O)[C@@H](O)[C@H](OC1O[C@H](CO)[C@H](O)[C@H](O)[C@H]1O)[C@H](O)CO.CNC1CC(N)CC1C(=O)NCCCNC(=O)[C@H](O)[C@@H](O)[C@H](OC1O[C@H](CO)[C@H](O)[C@H](O)[C@H]1O)[C@H](O)CO.N=NN=NCl.NCCCNC(=O)[C@H](O)[C@@H](O)[C@H](OC1O[C@H](CO)[C@H](O)[C@H](O)[C@H]1O)[C@H](O)CO.O=C1O[C@H](CO)[C@@H](OC2O[C@H](CO)[C@H](O)[C@H](O)[C@H]2O)[C@H](O)[C@H]1O. The highest BCUT2D eigenvalue weighted by atomic mass is 35.5. The topological polar surface area (TPSA) is 969 Å². The van der Waals surface area contributed by atoms with Gasteiger partial charge in [0.25, 0.3) is 17.7 Å². The van der Waals surface area contributed by atoms with Crippen LogP contribution in [0.25, 0.3) is 0 Å². The molecule has 740 valence electrons. The number of hydrogen-bond acceptors (Lipinski definition) is 50. The molecule has 1 aliphatic carbocycles. The molecule has 1 saturated carbocycles. The first kappa shape index (κ1) is 122. The number of carbonyl (C=O) groups excluding carboxylic acids is 5. The van der Waals surface area contributed by atoms with Crippen LogP contribution in [0.3, 0.4) is 0 Å². The zero-order chi connectivity index (χ0) is 92.9. The van der Waals surface area contributed by atoms with Gasteiger partial charge in [0.2, 0.25) is 5.91 Å². The van der Waals surface area contributed by atoms with E-state index >= 15 is 0 Å². The van der Waals surface area contributed by atoms with Crippen LogP contribution in [-0.2, 0) is 66.6 Å². The molecule has 6 rings (SSSR count). The molecule has 125 heavy (non-hydrogen) atoms. The van der Waals surface area contributed by atoms with E-state index in [9.17, 15) is 172 Å². The number of aliphatic hydroxyl groups is 31. The number of halogens is 1. The van der Waals surface area contributed by atoms with E-state index < -0.39 is 297 Å². The summed E-state index contributed by atoms with van der Waals surface area (Å²) in [5, 5.41) is 320. The minimum Gasteiger partial charge on any atom is -0.455 e. The lowest BCUT2D eigenvalue weighted by Gasteiger charge is -2.43. The van der Waals surface area contributed by atoms with Gasteiger partial charge in [-0.05, 0) is 56.1 Å². The lowest BCUT2D eigenvalue weighted by Crippen LogP contribution is -2.63. The summed E-state index contributed by atoms with van der Waals surface area (Å²) < 4.78 is 48.6. The summed E-state index contributed by atoms with van der Waals surface area (Å²) in [4.78, 5) is 59.8. The van der Waals surface area contributed by atoms with Crippen molar-refractivity contribution in [1.29, 1.82) is 5.53 Å². The van der Waals surface area contributed by atoms with Gasteiger partial charge < -0.3 is 239 Å².